The summed E-state index contributed by atoms with van der Waals surface area (Å²) in [7, 11) is 2.02. The minimum atomic E-state index is -0.183. The van der Waals surface area contributed by atoms with Crippen molar-refractivity contribution in [2.75, 3.05) is 7.05 Å². The second-order valence-corrected chi connectivity index (χ2v) is 6.53. The lowest BCUT2D eigenvalue weighted by Crippen LogP contribution is -2.47. The fourth-order valence-electron chi connectivity index (χ4n) is 2.44. The van der Waals surface area contributed by atoms with Crippen LogP contribution in [-0.4, -0.2) is 24.0 Å². The molecule has 0 saturated carbocycles. The summed E-state index contributed by atoms with van der Waals surface area (Å²) in [6.07, 6.45) is 0. The zero-order valence-electron chi connectivity index (χ0n) is 12.9. The van der Waals surface area contributed by atoms with Crippen LogP contribution >= 0.6 is 0 Å². The van der Waals surface area contributed by atoms with Gasteiger partial charge in [0.15, 0.2) is 0 Å². The molecule has 0 aliphatic rings. The van der Waals surface area contributed by atoms with E-state index >= 15 is 0 Å². The van der Waals surface area contributed by atoms with E-state index in [1.165, 1.54) is 6.07 Å². The lowest BCUT2D eigenvalue weighted by Gasteiger charge is -2.42. The Morgan fingerprint density at radius 1 is 1.16 bits per heavy atom. The maximum absolute atomic E-state index is 14.0. The molecule has 0 heterocycles. The monoisotopic (exact) mass is 266 g/mol. The van der Waals surface area contributed by atoms with E-state index < -0.39 is 0 Å². The average molecular weight is 266 g/mol. The van der Waals surface area contributed by atoms with Crippen LogP contribution in [0.3, 0.4) is 0 Å². The molecule has 1 rings (SSSR count). The molecule has 19 heavy (non-hydrogen) atoms. The first-order chi connectivity index (χ1) is 8.66. The number of hydrogen-bond acceptors (Lipinski definition) is 2. The Bertz CT molecular complexity index is 409. The summed E-state index contributed by atoms with van der Waals surface area (Å²) >= 11 is 0. The maximum atomic E-state index is 14.0. The highest BCUT2D eigenvalue weighted by Gasteiger charge is 2.32. The summed E-state index contributed by atoms with van der Waals surface area (Å²) in [5, 5.41) is 0. The zero-order valence-corrected chi connectivity index (χ0v) is 12.9. The van der Waals surface area contributed by atoms with Crippen LogP contribution in [0.5, 0.6) is 0 Å². The lowest BCUT2D eigenvalue weighted by atomic mass is 9.85. The summed E-state index contributed by atoms with van der Waals surface area (Å²) in [5.41, 5.74) is 6.91. The first-order valence-electron chi connectivity index (χ1n) is 6.88. The molecule has 0 aliphatic carbocycles. The predicted molar refractivity (Wildman–Crippen MR) is 79.5 cm³/mol. The van der Waals surface area contributed by atoms with Gasteiger partial charge in [0.1, 0.15) is 5.82 Å². The van der Waals surface area contributed by atoms with Crippen LogP contribution in [0.2, 0.25) is 0 Å². The summed E-state index contributed by atoms with van der Waals surface area (Å²) in [6.45, 7) is 10.7. The molecule has 0 spiro atoms. The molecule has 0 amide bonds. The van der Waals surface area contributed by atoms with Crippen molar-refractivity contribution >= 4 is 0 Å². The van der Waals surface area contributed by atoms with Crippen molar-refractivity contribution in [1.82, 2.24) is 4.90 Å². The van der Waals surface area contributed by atoms with Gasteiger partial charge in [-0.05, 0) is 32.4 Å². The van der Waals surface area contributed by atoms with Crippen LogP contribution in [0, 0.1) is 11.2 Å². The third-order valence-corrected chi connectivity index (χ3v) is 4.02. The number of benzene rings is 1. The zero-order chi connectivity index (χ0) is 14.8. The third-order valence-electron chi connectivity index (χ3n) is 4.02. The summed E-state index contributed by atoms with van der Waals surface area (Å²) in [4.78, 5) is 2.18. The molecule has 0 aromatic heterocycles. The van der Waals surface area contributed by atoms with E-state index in [1.807, 2.05) is 26.1 Å². The largest absolute Gasteiger partial charge is 0.326 e. The standard InChI is InChI=1S/C16H27FN2/c1-11(18)15(13-9-7-8-10-14(13)17)19(6)12(2)16(3,4)5/h7-12,15H,18H2,1-6H3. The first kappa shape index (κ1) is 16.1. The van der Waals surface area contributed by atoms with Gasteiger partial charge in [0.05, 0.1) is 6.04 Å². The lowest BCUT2D eigenvalue weighted by molar-refractivity contribution is 0.0849. The Kier molecular flexibility index (Phi) is 5.11. The van der Waals surface area contributed by atoms with E-state index in [0.717, 1.165) is 0 Å². The van der Waals surface area contributed by atoms with Gasteiger partial charge in [-0.1, -0.05) is 39.0 Å². The van der Waals surface area contributed by atoms with Crippen molar-refractivity contribution in [3.05, 3.63) is 35.6 Å². The SMILES string of the molecule is CC(N)C(c1ccccc1F)N(C)C(C)C(C)(C)C. The topological polar surface area (TPSA) is 29.3 Å². The van der Waals surface area contributed by atoms with Crippen LogP contribution < -0.4 is 5.73 Å². The van der Waals surface area contributed by atoms with Gasteiger partial charge in [-0.2, -0.15) is 0 Å². The molecular weight excluding hydrogens is 239 g/mol. The number of nitrogens with two attached hydrogens (primary N) is 1. The Morgan fingerprint density at radius 3 is 2.11 bits per heavy atom. The Balaban J connectivity index is 3.13. The van der Waals surface area contributed by atoms with Gasteiger partial charge in [-0.3, -0.25) is 4.90 Å². The second kappa shape index (κ2) is 6.02. The van der Waals surface area contributed by atoms with Crippen molar-refractivity contribution in [2.24, 2.45) is 11.1 Å². The van der Waals surface area contributed by atoms with Gasteiger partial charge >= 0.3 is 0 Å². The van der Waals surface area contributed by atoms with E-state index in [9.17, 15) is 4.39 Å². The molecule has 1 aromatic carbocycles. The highest BCUT2D eigenvalue weighted by Crippen LogP contribution is 2.32. The molecule has 2 N–H and O–H groups in total. The summed E-state index contributed by atoms with van der Waals surface area (Å²) in [5.74, 6) is -0.183. The highest BCUT2D eigenvalue weighted by atomic mass is 19.1. The van der Waals surface area contributed by atoms with Gasteiger partial charge in [-0.25, -0.2) is 4.39 Å². The highest BCUT2D eigenvalue weighted by molar-refractivity contribution is 5.23. The molecule has 108 valence electrons. The van der Waals surface area contributed by atoms with E-state index in [0.29, 0.717) is 11.6 Å². The normalized spacial score (nSPS) is 17.3. The minimum Gasteiger partial charge on any atom is -0.326 e. The van der Waals surface area contributed by atoms with Gasteiger partial charge in [0.25, 0.3) is 0 Å². The predicted octanol–water partition coefficient (Wildman–Crippen LogP) is 3.58. The van der Waals surface area contributed by atoms with Crippen molar-refractivity contribution in [2.45, 2.75) is 52.7 Å². The molecule has 0 saturated heterocycles. The van der Waals surface area contributed by atoms with Crippen molar-refractivity contribution in [3.63, 3.8) is 0 Å². The van der Waals surface area contributed by atoms with Crippen LogP contribution in [0.4, 0.5) is 4.39 Å². The first-order valence-corrected chi connectivity index (χ1v) is 6.88. The van der Waals surface area contributed by atoms with Crippen molar-refractivity contribution < 1.29 is 4.39 Å². The fraction of sp³-hybridized carbons (Fsp3) is 0.625. The smallest absolute Gasteiger partial charge is 0.128 e. The summed E-state index contributed by atoms with van der Waals surface area (Å²) in [6, 6.07) is 6.95. The van der Waals surface area contributed by atoms with Crippen LogP contribution in [0.15, 0.2) is 24.3 Å². The molecular formula is C16H27FN2. The quantitative estimate of drug-likeness (QED) is 0.902. The number of hydrogen-bond donors (Lipinski definition) is 1. The molecule has 0 radical (unpaired) electrons. The number of nitrogens with zero attached hydrogens (tertiary/aromatic N) is 1. The number of likely N-dealkylation sites (N-methyl/N-ethyl adjacent to an activating group) is 1. The molecule has 0 aliphatic heterocycles. The van der Waals surface area contributed by atoms with E-state index in [-0.39, 0.29) is 23.3 Å². The minimum absolute atomic E-state index is 0.115. The average Bonchev–Trinajstić information content (AvgIpc) is 2.29. The van der Waals surface area contributed by atoms with Crippen molar-refractivity contribution in [1.29, 1.82) is 0 Å². The Labute approximate surface area is 116 Å². The van der Waals surface area contributed by atoms with Crippen LogP contribution in [0.25, 0.3) is 0 Å². The third kappa shape index (κ3) is 3.77. The Hall–Kier alpha value is -0.930. The van der Waals surface area contributed by atoms with E-state index in [1.54, 1.807) is 6.07 Å². The van der Waals surface area contributed by atoms with Crippen LogP contribution in [-0.2, 0) is 0 Å². The van der Waals surface area contributed by atoms with Crippen LogP contribution in [0.1, 0.15) is 46.2 Å². The number of halogens is 1. The molecule has 3 unspecified atom stereocenters. The molecule has 2 nitrogen and oxygen atoms in total. The Morgan fingerprint density at radius 2 is 1.68 bits per heavy atom. The fourth-order valence-corrected chi connectivity index (χ4v) is 2.44. The van der Waals surface area contributed by atoms with Gasteiger partial charge in [-0.15, -0.1) is 0 Å². The van der Waals surface area contributed by atoms with Gasteiger partial charge < -0.3 is 5.73 Å². The summed E-state index contributed by atoms with van der Waals surface area (Å²) < 4.78 is 14.0. The molecule has 0 fully saturated rings. The van der Waals surface area contributed by atoms with E-state index in [2.05, 4.69) is 32.6 Å². The second-order valence-electron chi connectivity index (χ2n) is 6.53. The van der Waals surface area contributed by atoms with E-state index in [4.69, 9.17) is 5.73 Å². The van der Waals surface area contributed by atoms with Gasteiger partial charge in [0, 0.05) is 17.6 Å². The molecule has 0 bridgehead atoms. The van der Waals surface area contributed by atoms with Gasteiger partial charge in [0.2, 0.25) is 0 Å². The molecule has 1 aromatic rings. The number of rotatable bonds is 4. The molecule has 3 atom stereocenters. The molecule has 3 heteroatoms. The maximum Gasteiger partial charge on any atom is 0.128 e. The van der Waals surface area contributed by atoms with Crippen molar-refractivity contribution in [3.8, 4) is 0 Å².